The Morgan fingerprint density at radius 3 is 2.42 bits per heavy atom. The molecule has 0 spiro atoms. The van der Waals surface area contributed by atoms with E-state index in [1.54, 1.807) is 33.5 Å². The van der Waals surface area contributed by atoms with Crippen LogP contribution in [0.1, 0.15) is 53.6 Å². The number of likely N-dealkylation sites (tertiary alicyclic amines) is 1. The van der Waals surface area contributed by atoms with Gasteiger partial charge in [-0.25, -0.2) is 8.42 Å². The van der Waals surface area contributed by atoms with Gasteiger partial charge in [0.15, 0.2) is 0 Å². The van der Waals surface area contributed by atoms with Crippen LogP contribution in [0.3, 0.4) is 0 Å². The van der Waals surface area contributed by atoms with Crippen LogP contribution >= 0.6 is 0 Å². The lowest BCUT2D eigenvalue weighted by atomic mass is 10.0. The monoisotopic (exact) mass is 467 g/mol. The summed E-state index contributed by atoms with van der Waals surface area (Å²) < 4.78 is 27.5. The van der Waals surface area contributed by atoms with Gasteiger partial charge >= 0.3 is 0 Å². The minimum Gasteiger partial charge on any atom is -0.338 e. The summed E-state index contributed by atoms with van der Waals surface area (Å²) in [6.45, 7) is 3.03. The topological polar surface area (TPSA) is 78.0 Å². The van der Waals surface area contributed by atoms with Gasteiger partial charge < -0.3 is 9.80 Å². The van der Waals surface area contributed by atoms with Gasteiger partial charge in [-0.3, -0.25) is 9.59 Å². The summed E-state index contributed by atoms with van der Waals surface area (Å²) >= 11 is 0. The molecule has 0 unspecified atom stereocenters. The summed E-state index contributed by atoms with van der Waals surface area (Å²) in [7, 11) is -3.49. The van der Waals surface area contributed by atoms with Crippen LogP contribution in [0.5, 0.6) is 0 Å². The Kier molecular flexibility index (Phi) is 5.97. The molecule has 2 fully saturated rings. The summed E-state index contributed by atoms with van der Waals surface area (Å²) in [6.07, 6.45) is 4.82. The molecule has 2 aromatic rings. The van der Waals surface area contributed by atoms with Crippen LogP contribution in [0, 0.1) is 0 Å². The molecule has 5 rings (SSSR count). The second-order valence-electron chi connectivity index (χ2n) is 9.08. The Balaban J connectivity index is 1.38. The fourth-order valence-electron chi connectivity index (χ4n) is 5.07. The predicted molar refractivity (Wildman–Crippen MR) is 126 cm³/mol. The van der Waals surface area contributed by atoms with Gasteiger partial charge in [0.2, 0.25) is 15.9 Å². The van der Waals surface area contributed by atoms with Crippen molar-refractivity contribution in [1.82, 2.24) is 9.21 Å². The lowest BCUT2D eigenvalue weighted by molar-refractivity contribution is -0.128. The van der Waals surface area contributed by atoms with Crippen LogP contribution in [0.25, 0.3) is 0 Å². The van der Waals surface area contributed by atoms with E-state index in [-0.39, 0.29) is 11.8 Å². The van der Waals surface area contributed by atoms with Gasteiger partial charge in [0.05, 0.1) is 4.90 Å². The van der Waals surface area contributed by atoms with E-state index in [4.69, 9.17) is 0 Å². The number of carbonyl (C=O) groups is 2. The number of sulfonamides is 1. The lowest BCUT2D eigenvalue weighted by Crippen LogP contribution is -2.36. The highest BCUT2D eigenvalue weighted by Crippen LogP contribution is 2.32. The van der Waals surface area contributed by atoms with E-state index in [0.29, 0.717) is 43.1 Å². The van der Waals surface area contributed by atoms with Crippen LogP contribution in [0.2, 0.25) is 0 Å². The van der Waals surface area contributed by atoms with Crippen molar-refractivity contribution in [3.05, 3.63) is 59.2 Å². The average Bonchev–Trinajstić information content (AvgIpc) is 3.51. The first kappa shape index (κ1) is 22.1. The number of aryl methyl sites for hydroxylation is 1. The molecular formula is C25H29N3O4S. The first-order valence-electron chi connectivity index (χ1n) is 11.8. The highest BCUT2D eigenvalue weighted by atomic mass is 32.2. The van der Waals surface area contributed by atoms with E-state index >= 15 is 0 Å². The molecule has 33 heavy (non-hydrogen) atoms. The SMILES string of the molecule is O=C1CCCN1Cc1cccc(C(=O)N2CCCc3cc(S(=O)(=O)N4CCCC4)ccc32)c1. The molecule has 174 valence electrons. The third-order valence-electron chi connectivity index (χ3n) is 6.84. The molecule has 2 amide bonds. The Morgan fingerprint density at radius 1 is 0.879 bits per heavy atom. The standard InChI is InChI=1S/C25H29N3O4S/c29-24-9-5-12-26(24)18-19-6-3-7-21(16-19)25(30)28-15-4-8-20-17-22(10-11-23(20)28)33(31,32)27-13-1-2-14-27/h3,6-7,10-11,16-17H,1-2,4-5,8-9,12-15,18H2. The second kappa shape index (κ2) is 8.91. The van der Waals surface area contributed by atoms with Gasteiger partial charge in [-0.15, -0.1) is 0 Å². The molecule has 0 atom stereocenters. The largest absolute Gasteiger partial charge is 0.338 e. The van der Waals surface area contributed by atoms with E-state index < -0.39 is 10.0 Å². The van der Waals surface area contributed by atoms with Gasteiger partial charge in [-0.05, 0) is 73.6 Å². The van der Waals surface area contributed by atoms with Gasteiger partial charge in [-0.1, -0.05) is 12.1 Å². The van der Waals surface area contributed by atoms with E-state index in [9.17, 15) is 18.0 Å². The Labute approximate surface area is 195 Å². The lowest BCUT2D eigenvalue weighted by Gasteiger charge is -2.30. The van der Waals surface area contributed by atoms with Crippen molar-refractivity contribution in [3.8, 4) is 0 Å². The normalized spacial score (nSPS) is 19.2. The number of fused-ring (bicyclic) bond motifs is 1. The maximum absolute atomic E-state index is 13.4. The van der Waals surface area contributed by atoms with Gasteiger partial charge in [0, 0.05) is 50.4 Å². The third-order valence-corrected chi connectivity index (χ3v) is 8.73. The molecule has 3 heterocycles. The van der Waals surface area contributed by atoms with Crippen molar-refractivity contribution < 1.29 is 18.0 Å². The van der Waals surface area contributed by atoms with Gasteiger partial charge in [-0.2, -0.15) is 4.31 Å². The van der Waals surface area contributed by atoms with Crippen molar-refractivity contribution in [2.45, 2.75) is 50.0 Å². The molecule has 0 aliphatic carbocycles. The van der Waals surface area contributed by atoms with E-state index in [2.05, 4.69) is 0 Å². The zero-order chi connectivity index (χ0) is 23.0. The van der Waals surface area contributed by atoms with E-state index in [0.717, 1.165) is 55.5 Å². The maximum atomic E-state index is 13.4. The Bertz CT molecular complexity index is 1190. The molecular weight excluding hydrogens is 438 g/mol. The zero-order valence-electron chi connectivity index (χ0n) is 18.7. The van der Waals surface area contributed by atoms with Crippen LogP contribution < -0.4 is 4.90 Å². The molecule has 0 aromatic heterocycles. The number of benzene rings is 2. The highest BCUT2D eigenvalue weighted by molar-refractivity contribution is 7.89. The summed E-state index contributed by atoms with van der Waals surface area (Å²) in [6, 6.07) is 12.6. The molecule has 3 aliphatic heterocycles. The van der Waals surface area contributed by atoms with Crippen LogP contribution in [0.4, 0.5) is 5.69 Å². The Hall–Kier alpha value is -2.71. The number of hydrogen-bond donors (Lipinski definition) is 0. The van der Waals surface area contributed by atoms with Crippen molar-refractivity contribution >= 4 is 27.5 Å². The molecule has 2 aromatic carbocycles. The Morgan fingerprint density at radius 2 is 1.67 bits per heavy atom. The first-order chi connectivity index (χ1) is 15.9. The predicted octanol–water partition coefficient (Wildman–Crippen LogP) is 3.19. The number of amides is 2. The molecule has 8 heteroatoms. The number of anilines is 1. The molecule has 3 aliphatic rings. The minimum atomic E-state index is -3.49. The molecule has 2 saturated heterocycles. The second-order valence-corrected chi connectivity index (χ2v) is 11.0. The quantitative estimate of drug-likeness (QED) is 0.677. The van der Waals surface area contributed by atoms with Crippen LogP contribution in [0.15, 0.2) is 47.4 Å². The first-order valence-corrected chi connectivity index (χ1v) is 13.2. The van der Waals surface area contributed by atoms with Crippen molar-refractivity contribution in [2.75, 3.05) is 31.1 Å². The summed E-state index contributed by atoms with van der Waals surface area (Å²) in [5.74, 6) is 0.0667. The van der Waals surface area contributed by atoms with Gasteiger partial charge in [0.1, 0.15) is 0 Å². The van der Waals surface area contributed by atoms with Gasteiger partial charge in [0.25, 0.3) is 5.91 Å². The summed E-state index contributed by atoms with van der Waals surface area (Å²) in [5, 5.41) is 0. The molecule has 7 nitrogen and oxygen atoms in total. The number of rotatable bonds is 5. The van der Waals surface area contributed by atoms with E-state index in [1.807, 2.05) is 23.1 Å². The molecule has 0 bridgehead atoms. The van der Waals surface area contributed by atoms with Crippen molar-refractivity contribution in [1.29, 1.82) is 0 Å². The number of hydrogen-bond acceptors (Lipinski definition) is 4. The smallest absolute Gasteiger partial charge is 0.258 e. The van der Waals surface area contributed by atoms with Crippen LogP contribution in [-0.4, -0.2) is 55.6 Å². The fraction of sp³-hybridized carbons (Fsp3) is 0.440. The molecule has 0 radical (unpaired) electrons. The number of nitrogens with zero attached hydrogens (tertiary/aromatic N) is 3. The highest BCUT2D eigenvalue weighted by Gasteiger charge is 2.30. The maximum Gasteiger partial charge on any atom is 0.258 e. The van der Waals surface area contributed by atoms with Crippen molar-refractivity contribution in [3.63, 3.8) is 0 Å². The fourth-order valence-corrected chi connectivity index (χ4v) is 6.64. The van der Waals surface area contributed by atoms with E-state index in [1.165, 1.54) is 0 Å². The van der Waals surface area contributed by atoms with Crippen molar-refractivity contribution in [2.24, 2.45) is 0 Å². The minimum absolute atomic E-state index is 0.0966. The number of carbonyl (C=O) groups excluding carboxylic acids is 2. The summed E-state index contributed by atoms with van der Waals surface area (Å²) in [4.78, 5) is 29.3. The molecule has 0 N–H and O–H groups in total. The average molecular weight is 468 g/mol. The van der Waals surface area contributed by atoms with Crippen LogP contribution in [-0.2, 0) is 27.8 Å². The summed E-state index contributed by atoms with van der Waals surface area (Å²) in [5.41, 5.74) is 3.21. The zero-order valence-corrected chi connectivity index (χ0v) is 19.5. The third kappa shape index (κ3) is 4.29. The molecule has 0 saturated carbocycles.